The van der Waals surface area contributed by atoms with Crippen LogP contribution in [-0.2, 0) is 13.1 Å². The molecule has 110 valence electrons. The van der Waals surface area contributed by atoms with Crippen molar-refractivity contribution in [2.24, 2.45) is 0 Å². The van der Waals surface area contributed by atoms with E-state index in [1.165, 1.54) is 35.2 Å². The molecular weight excluding hydrogens is 258 g/mol. The Hall–Kier alpha value is -1.87. The van der Waals surface area contributed by atoms with E-state index >= 15 is 0 Å². The molecule has 1 aromatic heterocycles. The van der Waals surface area contributed by atoms with Crippen LogP contribution < -0.4 is 10.2 Å². The highest BCUT2D eigenvalue weighted by atomic mass is 15.1. The molecule has 0 atom stereocenters. The monoisotopic (exact) mass is 281 g/mol. The van der Waals surface area contributed by atoms with Gasteiger partial charge >= 0.3 is 0 Å². The molecule has 0 spiro atoms. The molecule has 0 unspecified atom stereocenters. The number of aryl methyl sites for hydroxylation is 1. The van der Waals surface area contributed by atoms with Crippen LogP contribution in [0.5, 0.6) is 0 Å². The van der Waals surface area contributed by atoms with Crippen molar-refractivity contribution in [2.45, 2.75) is 38.9 Å². The lowest BCUT2D eigenvalue weighted by molar-refractivity contribution is 0.683. The summed E-state index contributed by atoms with van der Waals surface area (Å²) in [5.74, 6) is 0. The normalized spacial score (nSPS) is 14.2. The number of aromatic nitrogens is 1. The van der Waals surface area contributed by atoms with Crippen LogP contribution in [0.25, 0.3) is 0 Å². The highest BCUT2D eigenvalue weighted by Gasteiger charge is 2.20. The van der Waals surface area contributed by atoms with Gasteiger partial charge in [-0.1, -0.05) is 24.3 Å². The Morgan fingerprint density at radius 1 is 1.19 bits per heavy atom. The topological polar surface area (TPSA) is 28.2 Å². The zero-order valence-electron chi connectivity index (χ0n) is 12.8. The molecule has 1 aromatic carbocycles. The molecule has 3 rings (SSSR count). The highest BCUT2D eigenvalue weighted by molar-refractivity contribution is 5.52. The minimum atomic E-state index is 0.722. The van der Waals surface area contributed by atoms with E-state index in [9.17, 15) is 0 Å². The minimum Gasteiger partial charge on any atom is -0.370 e. The van der Waals surface area contributed by atoms with Crippen molar-refractivity contribution in [1.29, 1.82) is 0 Å². The Labute approximate surface area is 127 Å². The smallest absolute Gasteiger partial charge is 0.0443 e. The molecule has 0 saturated heterocycles. The molecule has 1 fully saturated rings. The van der Waals surface area contributed by atoms with E-state index < -0.39 is 0 Å². The van der Waals surface area contributed by atoms with Crippen LogP contribution in [0.15, 0.2) is 42.7 Å². The molecule has 3 heteroatoms. The lowest BCUT2D eigenvalue weighted by atomic mass is 10.1. The molecule has 0 aliphatic heterocycles. The molecule has 1 aliphatic carbocycles. The molecule has 1 aliphatic rings. The van der Waals surface area contributed by atoms with Gasteiger partial charge in [0, 0.05) is 49.8 Å². The number of pyridine rings is 1. The summed E-state index contributed by atoms with van der Waals surface area (Å²) in [5, 5.41) is 3.58. The standard InChI is InChI=1S/C18H23N3/c1-14-5-3-4-6-15(14)13-21(2)18-9-10-19-11-16(18)12-20-17-7-8-17/h3-6,9-11,17,20H,7-8,12-13H2,1-2H3. The van der Waals surface area contributed by atoms with Crippen molar-refractivity contribution < 1.29 is 0 Å². The molecule has 0 radical (unpaired) electrons. The predicted octanol–water partition coefficient (Wildman–Crippen LogP) is 3.28. The molecule has 21 heavy (non-hydrogen) atoms. The van der Waals surface area contributed by atoms with Crippen molar-refractivity contribution in [3.8, 4) is 0 Å². The van der Waals surface area contributed by atoms with Crippen LogP contribution in [0.3, 0.4) is 0 Å². The molecule has 1 saturated carbocycles. The maximum absolute atomic E-state index is 4.28. The van der Waals surface area contributed by atoms with Crippen LogP contribution in [0.2, 0.25) is 0 Å². The molecule has 3 nitrogen and oxygen atoms in total. The fourth-order valence-corrected chi connectivity index (χ4v) is 2.60. The maximum atomic E-state index is 4.28. The van der Waals surface area contributed by atoms with Crippen LogP contribution in [0, 0.1) is 6.92 Å². The first kappa shape index (κ1) is 14.1. The SMILES string of the molecule is Cc1ccccc1CN(C)c1ccncc1CNC1CC1. The first-order valence-electron chi connectivity index (χ1n) is 7.66. The molecule has 1 heterocycles. The van der Waals surface area contributed by atoms with Gasteiger partial charge in [-0.15, -0.1) is 0 Å². The van der Waals surface area contributed by atoms with Crippen molar-refractivity contribution in [1.82, 2.24) is 10.3 Å². The van der Waals surface area contributed by atoms with Gasteiger partial charge in [0.15, 0.2) is 0 Å². The van der Waals surface area contributed by atoms with Crippen molar-refractivity contribution in [3.05, 3.63) is 59.4 Å². The number of benzene rings is 1. The number of nitrogens with zero attached hydrogens (tertiary/aromatic N) is 2. The second kappa shape index (κ2) is 6.27. The number of hydrogen-bond donors (Lipinski definition) is 1. The summed E-state index contributed by atoms with van der Waals surface area (Å²) in [6.45, 7) is 4.00. The van der Waals surface area contributed by atoms with Crippen LogP contribution in [0.1, 0.15) is 29.5 Å². The number of rotatable bonds is 6. The average molecular weight is 281 g/mol. The van der Waals surface area contributed by atoms with Crippen molar-refractivity contribution in [2.75, 3.05) is 11.9 Å². The lowest BCUT2D eigenvalue weighted by Crippen LogP contribution is -2.22. The predicted molar refractivity (Wildman–Crippen MR) is 87.4 cm³/mol. The summed E-state index contributed by atoms with van der Waals surface area (Å²) in [4.78, 5) is 6.60. The number of anilines is 1. The molecule has 0 bridgehead atoms. The van der Waals surface area contributed by atoms with Gasteiger partial charge in [0.25, 0.3) is 0 Å². The third-order valence-electron chi connectivity index (χ3n) is 4.12. The first-order chi connectivity index (χ1) is 10.2. The second-order valence-corrected chi connectivity index (χ2v) is 5.94. The minimum absolute atomic E-state index is 0.722. The Kier molecular flexibility index (Phi) is 4.20. The number of hydrogen-bond acceptors (Lipinski definition) is 3. The third-order valence-corrected chi connectivity index (χ3v) is 4.12. The van der Waals surface area contributed by atoms with Gasteiger partial charge in [0.05, 0.1) is 0 Å². The van der Waals surface area contributed by atoms with Crippen molar-refractivity contribution >= 4 is 5.69 Å². The fraction of sp³-hybridized carbons (Fsp3) is 0.389. The summed E-state index contributed by atoms with van der Waals surface area (Å²) in [5.41, 5.74) is 5.26. The van der Waals surface area contributed by atoms with E-state index in [0.29, 0.717) is 0 Å². The Bertz CT molecular complexity index is 605. The zero-order valence-corrected chi connectivity index (χ0v) is 12.8. The molecule has 0 amide bonds. The Balaban J connectivity index is 1.74. The van der Waals surface area contributed by atoms with Crippen LogP contribution >= 0.6 is 0 Å². The van der Waals surface area contributed by atoms with Crippen LogP contribution in [0.4, 0.5) is 5.69 Å². The van der Waals surface area contributed by atoms with Gasteiger partial charge in [0.2, 0.25) is 0 Å². The zero-order chi connectivity index (χ0) is 14.7. The largest absolute Gasteiger partial charge is 0.370 e. The summed E-state index contributed by atoms with van der Waals surface area (Å²) < 4.78 is 0. The first-order valence-corrected chi connectivity index (χ1v) is 7.66. The summed E-state index contributed by atoms with van der Waals surface area (Å²) >= 11 is 0. The molecule has 2 aromatic rings. The highest BCUT2D eigenvalue weighted by Crippen LogP contribution is 2.23. The van der Waals surface area contributed by atoms with E-state index in [-0.39, 0.29) is 0 Å². The van der Waals surface area contributed by atoms with E-state index in [1.807, 2.05) is 12.4 Å². The van der Waals surface area contributed by atoms with E-state index in [4.69, 9.17) is 0 Å². The fourth-order valence-electron chi connectivity index (χ4n) is 2.60. The van der Waals surface area contributed by atoms with E-state index in [0.717, 1.165) is 19.1 Å². The Morgan fingerprint density at radius 2 is 2.00 bits per heavy atom. The molecule has 1 N–H and O–H groups in total. The quantitative estimate of drug-likeness (QED) is 0.880. The summed E-state index contributed by atoms with van der Waals surface area (Å²) in [6.07, 6.45) is 6.49. The number of nitrogens with one attached hydrogen (secondary N) is 1. The third kappa shape index (κ3) is 3.61. The molecular formula is C18H23N3. The van der Waals surface area contributed by atoms with Gasteiger partial charge < -0.3 is 10.2 Å². The lowest BCUT2D eigenvalue weighted by Gasteiger charge is -2.23. The van der Waals surface area contributed by atoms with Crippen molar-refractivity contribution in [3.63, 3.8) is 0 Å². The average Bonchev–Trinajstić information content (AvgIpc) is 3.32. The maximum Gasteiger partial charge on any atom is 0.0443 e. The summed E-state index contributed by atoms with van der Waals surface area (Å²) in [7, 11) is 2.16. The summed E-state index contributed by atoms with van der Waals surface area (Å²) in [6, 6.07) is 11.4. The second-order valence-electron chi connectivity index (χ2n) is 5.94. The van der Waals surface area contributed by atoms with Gasteiger partial charge in [-0.3, -0.25) is 4.98 Å². The van der Waals surface area contributed by atoms with Crippen LogP contribution in [-0.4, -0.2) is 18.1 Å². The van der Waals surface area contributed by atoms with Gasteiger partial charge in [-0.05, 0) is 37.0 Å². The van der Waals surface area contributed by atoms with Gasteiger partial charge in [-0.25, -0.2) is 0 Å². The van der Waals surface area contributed by atoms with E-state index in [2.05, 4.69) is 59.5 Å². The van der Waals surface area contributed by atoms with E-state index in [1.54, 1.807) is 0 Å². The van der Waals surface area contributed by atoms with Gasteiger partial charge in [-0.2, -0.15) is 0 Å². The Morgan fingerprint density at radius 3 is 2.76 bits per heavy atom. The van der Waals surface area contributed by atoms with Gasteiger partial charge in [0.1, 0.15) is 0 Å².